The third kappa shape index (κ3) is 2.09. The molecule has 1 N–H and O–H groups in total. The molecular formula is C18H25N. The summed E-state index contributed by atoms with van der Waals surface area (Å²) in [7, 11) is 0. The standard InChI is InChI=1S/C18H25N/c1-11-8-12(2)17-15(9-11)14-10-13(18(3,4)5)6-7-16(14)19-17/h8-9,13,19H,6-7,10H2,1-5H3. The largest absolute Gasteiger partial charge is 0.358 e. The number of H-pyrrole nitrogens is 1. The van der Waals surface area contributed by atoms with E-state index in [4.69, 9.17) is 0 Å². The lowest BCUT2D eigenvalue weighted by molar-refractivity contribution is 0.216. The second-order valence-corrected chi connectivity index (χ2v) is 7.39. The predicted octanol–water partition coefficient (Wildman–Crippen LogP) is 4.94. The van der Waals surface area contributed by atoms with E-state index in [-0.39, 0.29) is 0 Å². The van der Waals surface area contributed by atoms with Gasteiger partial charge in [-0.25, -0.2) is 0 Å². The van der Waals surface area contributed by atoms with Crippen LogP contribution in [0.25, 0.3) is 10.9 Å². The molecule has 0 bridgehead atoms. The molecule has 0 saturated carbocycles. The van der Waals surface area contributed by atoms with Gasteiger partial charge in [-0.15, -0.1) is 0 Å². The minimum Gasteiger partial charge on any atom is -0.358 e. The maximum Gasteiger partial charge on any atom is 0.0488 e. The van der Waals surface area contributed by atoms with Gasteiger partial charge in [0, 0.05) is 16.6 Å². The lowest BCUT2D eigenvalue weighted by atomic mass is 9.71. The Morgan fingerprint density at radius 3 is 2.58 bits per heavy atom. The Morgan fingerprint density at radius 2 is 1.89 bits per heavy atom. The maximum atomic E-state index is 3.68. The van der Waals surface area contributed by atoms with Gasteiger partial charge in [-0.3, -0.25) is 0 Å². The summed E-state index contributed by atoms with van der Waals surface area (Å²) in [5.74, 6) is 0.805. The molecule has 0 amide bonds. The molecule has 0 aliphatic heterocycles. The van der Waals surface area contributed by atoms with Gasteiger partial charge < -0.3 is 4.98 Å². The highest BCUT2D eigenvalue weighted by molar-refractivity contribution is 5.88. The molecule has 1 nitrogen and oxygen atoms in total. The molecule has 0 saturated heterocycles. The number of aromatic nitrogens is 1. The number of nitrogens with one attached hydrogen (secondary N) is 1. The van der Waals surface area contributed by atoms with Gasteiger partial charge in [0.1, 0.15) is 0 Å². The lowest BCUT2D eigenvalue weighted by Crippen LogP contribution is -2.26. The number of benzene rings is 1. The first-order valence-corrected chi connectivity index (χ1v) is 7.47. The summed E-state index contributed by atoms with van der Waals surface area (Å²) in [6.45, 7) is 11.6. The van der Waals surface area contributed by atoms with Gasteiger partial charge in [-0.05, 0) is 61.6 Å². The van der Waals surface area contributed by atoms with Crippen LogP contribution in [0.15, 0.2) is 12.1 Å². The van der Waals surface area contributed by atoms with E-state index in [9.17, 15) is 0 Å². The van der Waals surface area contributed by atoms with Crippen LogP contribution in [-0.2, 0) is 12.8 Å². The Balaban J connectivity index is 2.13. The van der Waals surface area contributed by atoms with E-state index < -0.39 is 0 Å². The number of aryl methyl sites for hydroxylation is 3. The molecule has 1 aromatic heterocycles. The van der Waals surface area contributed by atoms with Gasteiger partial charge in [-0.1, -0.05) is 32.4 Å². The fraction of sp³-hybridized carbons (Fsp3) is 0.556. The summed E-state index contributed by atoms with van der Waals surface area (Å²) >= 11 is 0. The number of fused-ring (bicyclic) bond motifs is 3. The van der Waals surface area contributed by atoms with Crippen molar-refractivity contribution in [3.63, 3.8) is 0 Å². The zero-order chi connectivity index (χ0) is 13.8. The van der Waals surface area contributed by atoms with Crippen molar-refractivity contribution in [2.75, 3.05) is 0 Å². The second kappa shape index (κ2) is 4.13. The summed E-state index contributed by atoms with van der Waals surface area (Å²) in [6, 6.07) is 4.65. The van der Waals surface area contributed by atoms with Crippen LogP contribution in [0.1, 0.15) is 49.6 Å². The molecule has 1 heterocycles. The van der Waals surface area contributed by atoms with Crippen molar-refractivity contribution >= 4 is 10.9 Å². The number of hydrogen-bond acceptors (Lipinski definition) is 0. The van der Waals surface area contributed by atoms with Crippen LogP contribution >= 0.6 is 0 Å². The van der Waals surface area contributed by atoms with Crippen LogP contribution in [0, 0.1) is 25.2 Å². The summed E-state index contributed by atoms with van der Waals surface area (Å²) in [4.78, 5) is 3.68. The van der Waals surface area contributed by atoms with Crippen molar-refractivity contribution in [3.8, 4) is 0 Å². The predicted molar refractivity (Wildman–Crippen MR) is 82.7 cm³/mol. The zero-order valence-electron chi connectivity index (χ0n) is 12.9. The van der Waals surface area contributed by atoms with E-state index in [2.05, 4.69) is 51.7 Å². The molecule has 1 aliphatic rings. The lowest BCUT2D eigenvalue weighted by Gasteiger charge is -2.34. The second-order valence-electron chi connectivity index (χ2n) is 7.39. The molecule has 0 radical (unpaired) electrons. The molecule has 0 spiro atoms. The van der Waals surface area contributed by atoms with E-state index in [0.717, 1.165) is 5.92 Å². The molecule has 2 aromatic rings. The highest BCUT2D eigenvalue weighted by atomic mass is 14.7. The van der Waals surface area contributed by atoms with Crippen molar-refractivity contribution in [3.05, 3.63) is 34.5 Å². The smallest absolute Gasteiger partial charge is 0.0488 e. The first-order valence-electron chi connectivity index (χ1n) is 7.47. The van der Waals surface area contributed by atoms with Crippen LogP contribution in [0.4, 0.5) is 0 Å². The molecule has 1 unspecified atom stereocenters. The average Bonchev–Trinajstić information content (AvgIpc) is 2.66. The van der Waals surface area contributed by atoms with Crippen LogP contribution in [-0.4, -0.2) is 4.98 Å². The SMILES string of the molecule is Cc1cc(C)c2[nH]c3c(c2c1)CC(C(C)(C)C)CC3. The molecule has 0 fully saturated rings. The van der Waals surface area contributed by atoms with Crippen LogP contribution in [0.3, 0.4) is 0 Å². The molecule has 19 heavy (non-hydrogen) atoms. The van der Waals surface area contributed by atoms with E-state index in [1.54, 1.807) is 5.56 Å². The van der Waals surface area contributed by atoms with Crippen LogP contribution < -0.4 is 0 Å². The van der Waals surface area contributed by atoms with Crippen molar-refractivity contribution in [1.29, 1.82) is 0 Å². The first-order chi connectivity index (χ1) is 8.86. The monoisotopic (exact) mass is 255 g/mol. The molecule has 3 rings (SSSR count). The zero-order valence-corrected chi connectivity index (χ0v) is 12.9. The third-order valence-corrected chi connectivity index (χ3v) is 4.86. The number of hydrogen-bond donors (Lipinski definition) is 1. The number of rotatable bonds is 0. The van der Waals surface area contributed by atoms with E-state index in [1.165, 1.54) is 47.0 Å². The Morgan fingerprint density at radius 1 is 1.16 bits per heavy atom. The highest BCUT2D eigenvalue weighted by Gasteiger charge is 2.30. The first kappa shape index (κ1) is 12.8. The van der Waals surface area contributed by atoms with Gasteiger partial charge >= 0.3 is 0 Å². The fourth-order valence-electron chi connectivity index (χ4n) is 3.61. The summed E-state index contributed by atoms with van der Waals surface area (Å²) in [5.41, 5.74) is 7.63. The fourth-order valence-corrected chi connectivity index (χ4v) is 3.61. The minimum absolute atomic E-state index is 0.417. The highest BCUT2D eigenvalue weighted by Crippen LogP contribution is 2.40. The third-order valence-electron chi connectivity index (χ3n) is 4.86. The quantitative estimate of drug-likeness (QED) is 0.686. The van der Waals surface area contributed by atoms with Crippen molar-refractivity contribution in [2.45, 2.75) is 53.9 Å². The minimum atomic E-state index is 0.417. The van der Waals surface area contributed by atoms with Gasteiger partial charge in [0.25, 0.3) is 0 Å². The molecular weight excluding hydrogens is 230 g/mol. The summed E-state index contributed by atoms with van der Waals surface area (Å²) in [6.07, 6.45) is 3.77. The Labute approximate surface area is 116 Å². The van der Waals surface area contributed by atoms with Gasteiger partial charge in [0.15, 0.2) is 0 Å². The topological polar surface area (TPSA) is 15.8 Å². The summed E-state index contributed by atoms with van der Waals surface area (Å²) < 4.78 is 0. The number of aromatic amines is 1. The molecule has 1 aromatic carbocycles. The van der Waals surface area contributed by atoms with Gasteiger partial charge in [-0.2, -0.15) is 0 Å². The van der Waals surface area contributed by atoms with Crippen molar-refractivity contribution < 1.29 is 0 Å². The summed E-state index contributed by atoms with van der Waals surface area (Å²) in [5, 5.41) is 1.47. The Kier molecular flexibility index (Phi) is 2.78. The molecule has 1 heteroatoms. The molecule has 1 aliphatic carbocycles. The maximum absolute atomic E-state index is 3.68. The molecule has 102 valence electrons. The van der Waals surface area contributed by atoms with Gasteiger partial charge in [0.2, 0.25) is 0 Å². The Hall–Kier alpha value is -1.24. The van der Waals surface area contributed by atoms with Crippen LogP contribution in [0.5, 0.6) is 0 Å². The van der Waals surface area contributed by atoms with Crippen molar-refractivity contribution in [2.24, 2.45) is 11.3 Å². The Bertz CT molecular complexity index is 625. The molecule has 1 atom stereocenters. The average molecular weight is 255 g/mol. The van der Waals surface area contributed by atoms with Crippen LogP contribution in [0.2, 0.25) is 0 Å². The van der Waals surface area contributed by atoms with Gasteiger partial charge in [0.05, 0.1) is 0 Å². The van der Waals surface area contributed by atoms with E-state index in [0.29, 0.717) is 5.41 Å². The normalized spacial score (nSPS) is 19.7. The van der Waals surface area contributed by atoms with Crippen molar-refractivity contribution in [1.82, 2.24) is 4.98 Å². The van der Waals surface area contributed by atoms with E-state index >= 15 is 0 Å². The van der Waals surface area contributed by atoms with E-state index in [1.807, 2.05) is 0 Å².